The van der Waals surface area contributed by atoms with Gasteiger partial charge in [0, 0.05) is 45.6 Å². The van der Waals surface area contributed by atoms with Gasteiger partial charge < -0.3 is 13.7 Å². The summed E-state index contributed by atoms with van der Waals surface area (Å²) in [5.74, 6) is 3.04. The first kappa shape index (κ1) is 20.0. The number of hydrogen-bond acceptors (Lipinski definition) is 6. The van der Waals surface area contributed by atoms with E-state index in [9.17, 15) is 4.79 Å². The van der Waals surface area contributed by atoms with Gasteiger partial charge in [0.2, 0.25) is 11.8 Å². The SMILES string of the molecule is Cc1cc(C(=O)N2CC[C@]3(c4nnc(C)o4)CN(Cc4ccccc4)C[C@@H]3C2)c(C)o1. The summed E-state index contributed by atoms with van der Waals surface area (Å²) in [5, 5.41) is 8.54. The van der Waals surface area contributed by atoms with Crippen molar-refractivity contribution in [2.45, 2.75) is 39.2 Å². The molecule has 31 heavy (non-hydrogen) atoms. The van der Waals surface area contributed by atoms with E-state index in [1.165, 1.54) is 5.56 Å². The van der Waals surface area contributed by atoms with Crippen molar-refractivity contribution in [3.63, 3.8) is 0 Å². The molecule has 0 aliphatic carbocycles. The van der Waals surface area contributed by atoms with Gasteiger partial charge in [-0.25, -0.2) is 0 Å². The van der Waals surface area contributed by atoms with Crippen LogP contribution in [0.25, 0.3) is 0 Å². The van der Waals surface area contributed by atoms with E-state index in [1.807, 2.05) is 37.8 Å². The van der Waals surface area contributed by atoms with Gasteiger partial charge in [0.05, 0.1) is 11.0 Å². The lowest BCUT2D eigenvalue weighted by Crippen LogP contribution is -2.51. The highest BCUT2D eigenvalue weighted by atomic mass is 16.4. The normalized spacial score (nSPS) is 23.8. The van der Waals surface area contributed by atoms with E-state index in [1.54, 1.807) is 0 Å². The van der Waals surface area contributed by atoms with Gasteiger partial charge in [0.25, 0.3) is 5.91 Å². The van der Waals surface area contributed by atoms with E-state index in [-0.39, 0.29) is 17.2 Å². The maximum absolute atomic E-state index is 13.2. The number of carbonyl (C=O) groups is 1. The Labute approximate surface area is 182 Å². The minimum Gasteiger partial charge on any atom is -0.466 e. The molecule has 5 rings (SSSR count). The lowest BCUT2D eigenvalue weighted by atomic mass is 9.72. The number of piperidine rings is 1. The van der Waals surface area contributed by atoms with Gasteiger partial charge in [0.1, 0.15) is 11.5 Å². The maximum atomic E-state index is 13.2. The minimum atomic E-state index is -0.214. The number of nitrogens with zero attached hydrogens (tertiary/aromatic N) is 4. The molecule has 0 radical (unpaired) electrons. The molecule has 1 amide bonds. The Balaban J connectivity index is 1.41. The average molecular weight is 421 g/mol. The summed E-state index contributed by atoms with van der Waals surface area (Å²) in [5.41, 5.74) is 1.74. The van der Waals surface area contributed by atoms with Crippen molar-refractivity contribution < 1.29 is 13.6 Å². The molecular weight excluding hydrogens is 392 g/mol. The third kappa shape index (κ3) is 3.57. The summed E-state index contributed by atoms with van der Waals surface area (Å²) >= 11 is 0. The lowest BCUT2D eigenvalue weighted by molar-refractivity contribution is 0.0566. The summed E-state index contributed by atoms with van der Waals surface area (Å²) in [6.07, 6.45) is 0.812. The maximum Gasteiger partial charge on any atom is 0.257 e. The van der Waals surface area contributed by atoms with E-state index in [4.69, 9.17) is 8.83 Å². The van der Waals surface area contributed by atoms with Gasteiger partial charge in [-0.15, -0.1) is 10.2 Å². The second-order valence-electron chi connectivity index (χ2n) is 8.96. The van der Waals surface area contributed by atoms with E-state index < -0.39 is 0 Å². The number of carbonyl (C=O) groups excluding carboxylic acids is 1. The Morgan fingerprint density at radius 2 is 1.94 bits per heavy atom. The van der Waals surface area contributed by atoms with Crippen LogP contribution in [0.2, 0.25) is 0 Å². The third-order valence-electron chi connectivity index (χ3n) is 6.79. The fraction of sp³-hybridized carbons (Fsp3) is 0.458. The number of amides is 1. The molecule has 3 aromatic rings. The predicted octanol–water partition coefficient (Wildman–Crippen LogP) is 3.50. The molecule has 7 nitrogen and oxygen atoms in total. The molecule has 2 fully saturated rings. The molecule has 2 aliphatic heterocycles. The van der Waals surface area contributed by atoms with Crippen molar-refractivity contribution in [3.8, 4) is 0 Å². The van der Waals surface area contributed by atoms with Crippen LogP contribution in [0.15, 0.2) is 45.2 Å². The fourth-order valence-corrected chi connectivity index (χ4v) is 5.29. The average Bonchev–Trinajstić information content (AvgIpc) is 3.44. The van der Waals surface area contributed by atoms with Crippen molar-refractivity contribution in [1.29, 1.82) is 0 Å². The molecule has 0 spiro atoms. The van der Waals surface area contributed by atoms with Crippen LogP contribution in [0.3, 0.4) is 0 Å². The molecule has 162 valence electrons. The smallest absolute Gasteiger partial charge is 0.257 e. The second kappa shape index (κ2) is 7.64. The largest absolute Gasteiger partial charge is 0.466 e. The zero-order valence-corrected chi connectivity index (χ0v) is 18.3. The van der Waals surface area contributed by atoms with E-state index in [0.29, 0.717) is 36.2 Å². The van der Waals surface area contributed by atoms with Gasteiger partial charge >= 0.3 is 0 Å². The second-order valence-corrected chi connectivity index (χ2v) is 8.96. The molecular formula is C24H28N4O3. The molecule has 0 bridgehead atoms. The van der Waals surface area contributed by atoms with Gasteiger partial charge in [-0.05, 0) is 31.9 Å². The quantitative estimate of drug-likeness (QED) is 0.643. The van der Waals surface area contributed by atoms with Crippen molar-refractivity contribution >= 4 is 5.91 Å². The first-order chi connectivity index (χ1) is 14.9. The molecule has 2 aliphatic rings. The highest BCUT2D eigenvalue weighted by Gasteiger charge is 2.54. The number of rotatable bonds is 4. The lowest BCUT2D eigenvalue weighted by Gasteiger charge is -2.41. The zero-order valence-electron chi connectivity index (χ0n) is 18.3. The van der Waals surface area contributed by atoms with Crippen LogP contribution in [0.4, 0.5) is 0 Å². The molecule has 7 heteroatoms. The number of benzene rings is 1. The van der Waals surface area contributed by atoms with Crippen LogP contribution >= 0.6 is 0 Å². The van der Waals surface area contributed by atoms with Crippen molar-refractivity contribution in [2.24, 2.45) is 5.92 Å². The number of aromatic nitrogens is 2. The van der Waals surface area contributed by atoms with Crippen LogP contribution in [0, 0.1) is 26.7 Å². The van der Waals surface area contributed by atoms with Gasteiger partial charge in [-0.1, -0.05) is 30.3 Å². The van der Waals surface area contributed by atoms with E-state index in [2.05, 4.69) is 39.4 Å². The van der Waals surface area contributed by atoms with Crippen LogP contribution in [0.5, 0.6) is 0 Å². The van der Waals surface area contributed by atoms with Gasteiger partial charge in [-0.3, -0.25) is 9.69 Å². The Bertz CT molecular complexity index is 1090. The molecule has 0 unspecified atom stereocenters. The third-order valence-corrected chi connectivity index (χ3v) is 6.79. The van der Waals surface area contributed by atoms with Crippen LogP contribution in [-0.2, 0) is 12.0 Å². The molecule has 4 heterocycles. The summed E-state index contributed by atoms with van der Waals surface area (Å²) in [6, 6.07) is 12.4. The molecule has 2 aromatic heterocycles. The Morgan fingerprint density at radius 1 is 1.13 bits per heavy atom. The Kier molecular flexibility index (Phi) is 4.93. The molecule has 1 aromatic carbocycles. The number of likely N-dealkylation sites (tertiary alicyclic amines) is 2. The topological polar surface area (TPSA) is 75.6 Å². The van der Waals surface area contributed by atoms with Crippen LogP contribution in [0.1, 0.15) is 45.6 Å². The highest BCUT2D eigenvalue weighted by molar-refractivity contribution is 5.95. The number of hydrogen-bond donors (Lipinski definition) is 0. The highest BCUT2D eigenvalue weighted by Crippen LogP contribution is 2.45. The summed E-state index contributed by atoms with van der Waals surface area (Å²) in [6.45, 7) is 9.54. The first-order valence-electron chi connectivity index (χ1n) is 10.9. The van der Waals surface area contributed by atoms with Crippen LogP contribution < -0.4 is 0 Å². The zero-order chi connectivity index (χ0) is 21.6. The number of furan rings is 1. The Morgan fingerprint density at radius 3 is 2.61 bits per heavy atom. The summed E-state index contributed by atoms with van der Waals surface area (Å²) in [4.78, 5) is 17.7. The predicted molar refractivity (Wildman–Crippen MR) is 115 cm³/mol. The van der Waals surface area contributed by atoms with Crippen molar-refractivity contribution in [3.05, 3.63) is 70.8 Å². The number of aryl methyl sites for hydroxylation is 3. The minimum absolute atomic E-state index is 0.0474. The summed E-state index contributed by atoms with van der Waals surface area (Å²) < 4.78 is 11.6. The number of fused-ring (bicyclic) bond motifs is 1. The molecule has 0 saturated carbocycles. The fourth-order valence-electron chi connectivity index (χ4n) is 5.29. The monoisotopic (exact) mass is 420 g/mol. The standard InChI is InChI=1S/C24H28N4O3/c1-16-11-21(17(2)30-16)22(29)28-10-9-24(23-26-25-18(3)31-23)15-27(13-20(24)14-28)12-19-7-5-4-6-8-19/h4-8,11,20H,9-10,12-15H2,1-3H3/t20-,24+/m1/s1. The first-order valence-corrected chi connectivity index (χ1v) is 10.9. The van der Waals surface area contributed by atoms with Crippen LogP contribution in [-0.4, -0.2) is 52.1 Å². The molecule has 2 atom stereocenters. The van der Waals surface area contributed by atoms with E-state index in [0.717, 1.165) is 31.8 Å². The van der Waals surface area contributed by atoms with Gasteiger partial charge in [-0.2, -0.15) is 0 Å². The molecule has 2 saturated heterocycles. The van der Waals surface area contributed by atoms with Gasteiger partial charge in [0.15, 0.2) is 0 Å². The Hall–Kier alpha value is -2.93. The van der Waals surface area contributed by atoms with E-state index >= 15 is 0 Å². The molecule has 0 N–H and O–H groups in total. The summed E-state index contributed by atoms with van der Waals surface area (Å²) in [7, 11) is 0. The van der Waals surface area contributed by atoms with Crippen molar-refractivity contribution in [1.82, 2.24) is 20.0 Å². The van der Waals surface area contributed by atoms with Crippen molar-refractivity contribution in [2.75, 3.05) is 26.2 Å².